The van der Waals surface area contributed by atoms with Crippen LogP contribution in [0.25, 0.3) is 0 Å². The van der Waals surface area contributed by atoms with Gasteiger partial charge in [0, 0.05) is 16.7 Å². The van der Waals surface area contributed by atoms with Crippen molar-refractivity contribution >= 4 is 17.8 Å². The Balaban J connectivity index is 2.03. The van der Waals surface area contributed by atoms with Gasteiger partial charge in [0.15, 0.2) is 0 Å². The van der Waals surface area contributed by atoms with E-state index in [0.29, 0.717) is 29.9 Å². The Morgan fingerprint density at radius 1 is 0.957 bits per heavy atom. The molecule has 128 valence electrons. The number of imide groups is 1. The van der Waals surface area contributed by atoms with Crippen molar-refractivity contribution in [3.63, 3.8) is 0 Å². The third-order valence-corrected chi connectivity index (χ3v) is 3.33. The summed E-state index contributed by atoms with van der Waals surface area (Å²) in [6.45, 7) is 9.91. The number of carbonyl (C=O) groups excluding carboxylic acids is 3. The van der Waals surface area contributed by atoms with Gasteiger partial charge in [0.1, 0.15) is 6.61 Å². The Kier molecular flexibility index (Phi) is 7.64. The molecule has 1 aliphatic heterocycles. The molecule has 0 radical (unpaired) electrons. The van der Waals surface area contributed by atoms with Gasteiger partial charge in [0.05, 0.1) is 33.0 Å². The van der Waals surface area contributed by atoms with Crippen molar-refractivity contribution in [2.24, 2.45) is 0 Å². The smallest absolute Gasteiger partial charge is 0.333 e. The van der Waals surface area contributed by atoms with Crippen LogP contribution in [0.4, 0.5) is 0 Å². The van der Waals surface area contributed by atoms with E-state index in [0.717, 1.165) is 0 Å². The van der Waals surface area contributed by atoms with E-state index in [2.05, 4.69) is 6.58 Å². The number of rotatable bonds is 10. The highest BCUT2D eigenvalue weighted by atomic mass is 16.6. The molecule has 0 atom stereocenters. The molecule has 0 saturated carbocycles. The average Bonchev–Trinajstić information content (AvgIpc) is 2.70. The first-order chi connectivity index (χ1) is 10.9. The van der Waals surface area contributed by atoms with Gasteiger partial charge in [0.2, 0.25) is 0 Å². The summed E-state index contributed by atoms with van der Waals surface area (Å²) in [6, 6.07) is 0. The lowest BCUT2D eigenvalue weighted by molar-refractivity contribution is -0.141. The van der Waals surface area contributed by atoms with Crippen LogP contribution in [0.2, 0.25) is 0 Å². The maximum absolute atomic E-state index is 11.8. The molecule has 0 fully saturated rings. The molecule has 23 heavy (non-hydrogen) atoms. The predicted octanol–water partition coefficient (Wildman–Crippen LogP) is 0.844. The van der Waals surface area contributed by atoms with E-state index in [1.54, 1.807) is 20.8 Å². The molecule has 7 heteroatoms. The summed E-state index contributed by atoms with van der Waals surface area (Å²) in [6.07, 6.45) is 0. The van der Waals surface area contributed by atoms with E-state index >= 15 is 0 Å². The topological polar surface area (TPSA) is 82.1 Å². The first kappa shape index (κ1) is 19.1. The summed E-state index contributed by atoms with van der Waals surface area (Å²) < 4.78 is 15.4. The summed E-state index contributed by atoms with van der Waals surface area (Å²) >= 11 is 0. The van der Waals surface area contributed by atoms with E-state index in [9.17, 15) is 14.4 Å². The Hall–Kier alpha value is -1.99. The fraction of sp³-hybridized carbons (Fsp3) is 0.562. The molecular weight excluding hydrogens is 302 g/mol. The van der Waals surface area contributed by atoms with E-state index in [4.69, 9.17) is 14.2 Å². The lowest BCUT2D eigenvalue weighted by Gasteiger charge is -2.14. The standard InChI is InChI=1S/C16H23NO6/c1-11(2)16(20)23-10-9-22-8-7-21-6-5-17-14(18)12(3)13(4)15(17)19/h1,5-10H2,2-4H3. The maximum Gasteiger partial charge on any atom is 0.333 e. The molecule has 1 aliphatic rings. The number of carbonyl (C=O) groups is 3. The lowest BCUT2D eigenvalue weighted by Crippen LogP contribution is -2.34. The number of hydrogen-bond donors (Lipinski definition) is 0. The van der Waals surface area contributed by atoms with Gasteiger partial charge < -0.3 is 14.2 Å². The van der Waals surface area contributed by atoms with Gasteiger partial charge in [0.25, 0.3) is 11.8 Å². The number of ether oxygens (including phenoxy) is 3. The van der Waals surface area contributed by atoms with Gasteiger partial charge in [-0.1, -0.05) is 6.58 Å². The van der Waals surface area contributed by atoms with E-state index in [1.165, 1.54) is 4.90 Å². The second-order valence-corrected chi connectivity index (χ2v) is 5.15. The molecule has 1 rings (SSSR count). The molecule has 0 spiro atoms. The lowest BCUT2D eigenvalue weighted by atomic mass is 10.2. The molecule has 0 bridgehead atoms. The fourth-order valence-corrected chi connectivity index (χ4v) is 1.82. The molecule has 0 aromatic rings. The number of esters is 1. The quantitative estimate of drug-likeness (QED) is 0.256. The Bertz CT molecular complexity index is 499. The molecule has 1 heterocycles. The number of nitrogens with zero attached hydrogens (tertiary/aromatic N) is 1. The summed E-state index contributed by atoms with van der Waals surface area (Å²) in [5, 5.41) is 0. The maximum atomic E-state index is 11.8. The SMILES string of the molecule is C=C(C)C(=O)OCCOCCOCCN1C(=O)C(C)=C(C)C1=O. The first-order valence-electron chi connectivity index (χ1n) is 7.38. The molecule has 7 nitrogen and oxygen atoms in total. The molecular formula is C16H23NO6. The molecule has 0 unspecified atom stereocenters. The van der Waals surface area contributed by atoms with E-state index in [1.807, 2.05) is 0 Å². The zero-order chi connectivity index (χ0) is 17.4. The van der Waals surface area contributed by atoms with Crippen LogP contribution in [0.1, 0.15) is 20.8 Å². The Morgan fingerprint density at radius 2 is 1.43 bits per heavy atom. The van der Waals surface area contributed by atoms with E-state index < -0.39 is 5.97 Å². The molecule has 0 aromatic heterocycles. The minimum atomic E-state index is -0.441. The Labute approximate surface area is 135 Å². The monoisotopic (exact) mass is 325 g/mol. The molecule has 2 amide bonds. The largest absolute Gasteiger partial charge is 0.460 e. The normalized spacial score (nSPS) is 14.7. The van der Waals surface area contributed by atoms with Crippen molar-refractivity contribution in [1.82, 2.24) is 4.90 Å². The van der Waals surface area contributed by atoms with Gasteiger partial charge in [-0.25, -0.2) is 4.79 Å². The van der Waals surface area contributed by atoms with Crippen LogP contribution in [0, 0.1) is 0 Å². The van der Waals surface area contributed by atoms with Gasteiger partial charge in [-0.05, 0) is 20.8 Å². The summed E-state index contributed by atoms with van der Waals surface area (Å²) in [5.41, 5.74) is 1.32. The number of hydrogen-bond acceptors (Lipinski definition) is 6. The third kappa shape index (κ3) is 5.61. The second kappa shape index (κ2) is 9.22. The highest BCUT2D eigenvalue weighted by Gasteiger charge is 2.32. The van der Waals surface area contributed by atoms with Crippen LogP contribution in [0.15, 0.2) is 23.3 Å². The van der Waals surface area contributed by atoms with Crippen molar-refractivity contribution in [2.45, 2.75) is 20.8 Å². The molecule has 0 N–H and O–H groups in total. The third-order valence-electron chi connectivity index (χ3n) is 3.33. The van der Waals surface area contributed by atoms with Crippen LogP contribution >= 0.6 is 0 Å². The van der Waals surface area contributed by atoms with Crippen LogP contribution in [0.5, 0.6) is 0 Å². The highest BCUT2D eigenvalue weighted by Crippen LogP contribution is 2.18. The van der Waals surface area contributed by atoms with Crippen molar-refractivity contribution in [3.05, 3.63) is 23.3 Å². The molecule has 0 aromatic carbocycles. The first-order valence-corrected chi connectivity index (χ1v) is 7.38. The van der Waals surface area contributed by atoms with Crippen molar-refractivity contribution in [3.8, 4) is 0 Å². The van der Waals surface area contributed by atoms with Crippen LogP contribution in [-0.2, 0) is 28.6 Å². The fourth-order valence-electron chi connectivity index (χ4n) is 1.82. The predicted molar refractivity (Wildman–Crippen MR) is 82.5 cm³/mol. The summed E-state index contributed by atoms with van der Waals surface area (Å²) in [7, 11) is 0. The van der Waals surface area contributed by atoms with Crippen LogP contribution in [-0.4, -0.2) is 62.3 Å². The van der Waals surface area contributed by atoms with Crippen molar-refractivity contribution in [2.75, 3.05) is 39.6 Å². The van der Waals surface area contributed by atoms with E-state index in [-0.39, 0.29) is 38.2 Å². The van der Waals surface area contributed by atoms with Gasteiger partial charge in [-0.2, -0.15) is 0 Å². The van der Waals surface area contributed by atoms with Crippen LogP contribution < -0.4 is 0 Å². The molecule has 0 saturated heterocycles. The van der Waals surface area contributed by atoms with Crippen LogP contribution in [0.3, 0.4) is 0 Å². The van der Waals surface area contributed by atoms with Crippen molar-refractivity contribution < 1.29 is 28.6 Å². The summed E-state index contributed by atoms with van der Waals surface area (Å²) in [4.78, 5) is 35.8. The van der Waals surface area contributed by atoms with Gasteiger partial charge >= 0.3 is 5.97 Å². The average molecular weight is 325 g/mol. The summed E-state index contributed by atoms with van der Waals surface area (Å²) in [5.74, 6) is -0.956. The van der Waals surface area contributed by atoms with Crippen molar-refractivity contribution in [1.29, 1.82) is 0 Å². The number of amides is 2. The minimum absolute atomic E-state index is 0.159. The second-order valence-electron chi connectivity index (χ2n) is 5.15. The molecule has 0 aliphatic carbocycles. The zero-order valence-electron chi connectivity index (χ0n) is 13.8. The van der Waals surface area contributed by atoms with Gasteiger partial charge in [-0.3, -0.25) is 14.5 Å². The highest BCUT2D eigenvalue weighted by molar-refractivity contribution is 6.18. The van der Waals surface area contributed by atoms with Gasteiger partial charge in [-0.15, -0.1) is 0 Å². The minimum Gasteiger partial charge on any atom is -0.460 e. The Morgan fingerprint density at radius 3 is 1.96 bits per heavy atom. The zero-order valence-corrected chi connectivity index (χ0v) is 13.8.